The standard InChI is InChI=1S/C13H23N3O/c1-5-11(6-2)13(17)14-8-12-9-15-16(7-3)10(12)4/h9,11H,5-8H2,1-4H3,(H,14,17). The first-order valence-corrected chi connectivity index (χ1v) is 6.42. The summed E-state index contributed by atoms with van der Waals surface area (Å²) >= 11 is 0. The number of aromatic nitrogens is 2. The fourth-order valence-corrected chi connectivity index (χ4v) is 1.96. The Bertz CT molecular complexity index is 367. The highest BCUT2D eigenvalue weighted by atomic mass is 16.1. The van der Waals surface area contributed by atoms with Crippen LogP contribution in [0.4, 0.5) is 0 Å². The summed E-state index contributed by atoms with van der Waals surface area (Å²) in [7, 11) is 0. The van der Waals surface area contributed by atoms with Crippen LogP contribution in [0.2, 0.25) is 0 Å². The lowest BCUT2D eigenvalue weighted by Gasteiger charge is -2.12. The number of carbonyl (C=O) groups excluding carboxylic acids is 1. The van der Waals surface area contributed by atoms with E-state index in [0.29, 0.717) is 6.54 Å². The third-order valence-electron chi connectivity index (χ3n) is 3.31. The molecule has 4 heteroatoms. The van der Waals surface area contributed by atoms with E-state index < -0.39 is 0 Å². The van der Waals surface area contributed by atoms with Crippen LogP contribution in [-0.2, 0) is 17.9 Å². The largest absolute Gasteiger partial charge is 0.352 e. The number of aryl methyl sites for hydroxylation is 1. The molecule has 0 aromatic carbocycles. The molecule has 1 aromatic heterocycles. The highest BCUT2D eigenvalue weighted by molar-refractivity contribution is 5.78. The minimum absolute atomic E-state index is 0.136. The number of nitrogens with zero attached hydrogens (tertiary/aromatic N) is 2. The molecule has 1 N–H and O–H groups in total. The van der Waals surface area contributed by atoms with Crippen molar-refractivity contribution in [3.05, 3.63) is 17.5 Å². The van der Waals surface area contributed by atoms with E-state index in [9.17, 15) is 4.79 Å². The van der Waals surface area contributed by atoms with Crippen LogP contribution in [0.3, 0.4) is 0 Å². The van der Waals surface area contributed by atoms with Gasteiger partial charge in [0, 0.05) is 30.3 Å². The molecule has 17 heavy (non-hydrogen) atoms. The van der Waals surface area contributed by atoms with E-state index in [2.05, 4.69) is 17.3 Å². The van der Waals surface area contributed by atoms with Crippen molar-refractivity contribution in [3.63, 3.8) is 0 Å². The van der Waals surface area contributed by atoms with Gasteiger partial charge in [-0.05, 0) is 26.7 Å². The van der Waals surface area contributed by atoms with Crippen molar-refractivity contribution in [2.24, 2.45) is 5.92 Å². The van der Waals surface area contributed by atoms with Crippen LogP contribution in [0.5, 0.6) is 0 Å². The van der Waals surface area contributed by atoms with Crippen molar-refractivity contribution in [1.29, 1.82) is 0 Å². The lowest BCUT2D eigenvalue weighted by molar-refractivity contribution is -0.125. The minimum Gasteiger partial charge on any atom is -0.352 e. The average molecular weight is 237 g/mol. The molecular formula is C13H23N3O. The summed E-state index contributed by atoms with van der Waals surface area (Å²) in [6.45, 7) is 9.65. The smallest absolute Gasteiger partial charge is 0.223 e. The minimum atomic E-state index is 0.136. The number of carbonyl (C=O) groups is 1. The zero-order valence-corrected chi connectivity index (χ0v) is 11.3. The summed E-state index contributed by atoms with van der Waals surface area (Å²) in [6, 6.07) is 0. The molecule has 0 bridgehead atoms. The number of amides is 1. The SMILES string of the molecule is CCC(CC)C(=O)NCc1cnn(CC)c1C. The Morgan fingerprint density at radius 2 is 2.06 bits per heavy atom. The molecule has 0 aliphatic rings. The second-order valence-electron chi connectivity index (χ2n) is 4.30. The molecule has 0 aliphatic heterocycles. The van der Waals surface area contributed by atoms with Crippen LogP contribution in [0.25, 0.3) is 0 Å². The zero-order valence-electron chi connectivity index (χ0n) is 11.3. The molecule has 4 nitrogen and oxygen atoms in total. The molecule has 0 fully saturated rings. The zero-order chi connectivity index (χ0) is 12.8. The quantitative estimate of drug-likeness (QED) is 0.825. The fourth-order valence-electron chi connectivity index (χ4n) is 1.96. The van der Waals surface area contributed by atoms with Crippen LogP contribution < -0.4 is 5.32 Å². The van der Waals surface area contributed by atoms with Crippen LogP contribution in [0, 0.1) is 12.8 Å². The molecule has 0 radical (unpaired) electrons. The highest BCUT2D eigenvalue weighted by Crippen LogP contribution is 2.10. The topological polar surface area (TPSA) is 46.9 Å². The lowest BCUT2D eigenvalue weighted by Crippen LogP contribution is -2.29. The number of rotatable bonds is 6. The summed E-state index contributed by atoms with van der Waals surface area (Å²) in [5, 5.41) is 7.25. The van der Waals surface area contributed by atoms with E-state index in [1.54, 1.807) is 0 Å². The number of nitrogens with one attached hydrogen (secondary N) is 1. The first-order valence-electron chi connectivity index (χ1n) is 6.42. The van der Waals surface area contributed by atoms with Gasteiger partial charge in [-0.3, -0.25) is 9.48 Å². The number of hydrogen-bond acceptors (Lipinski definition) is 2. The van der Waals surface area contributed by atoms with Crippen LogP contribution in [0.15, 0.2) is 6.20 Å². The highest BCUT2D eigenvalue weighted by Gasteiger charge is 2.14. The van der Waals surface area contributed by atoms with Crippen molar-refractivity contribution >= 4 is 5.91 Å². The van der Waals surface area contributed by atoms with Crippen molar-refractivity contribution in [3.8, 4) is 0 Å². The number of hydrogen-bond donors (Lipinski definition) is 1. The van der Waals surface area contributed by atoms with Gasteiger partial charge in [0.2, 0.25) is 5.91 Å². The van der Waals surface area contributed by atoms with Gasteiger partial charge in [-0.1, -0.05) is 13.8 Å². The molecular weight excluding hydrogens is 214 g/mol. The summed E-state index contributed by atoms with van der Waals surface area (Å²) in [4.78, 5) is 11.8. The van der Waals surface area contributed by atoms with Gasteiger partial charge >= 0.3 is 0 Å². The van der Waals surface area contributed by atoms with E-state index in [0.717, 1.165) is 30.6 Å². The molecule has 96 valence electrons. The van der Waals surface area contributed by atoms with Crippen molar-refractivity contribution in [2.45, 2.75) is 53.6 Å². The lowest BCUT2D eigenvalue weighted by atomic mass is 10.0. The Balaban J connectivity index is 2.55. The van der Waals surface area contributed by atoms with Gasteiger partial charge in [-0.25, -0.2) is 0 Å². The first kappa shape index (κ1) is 13.7. The van der Waals surface area contributed by atoms with Gasteiger partial charge in [0.15, 0.2) is 0 Å². The molecule has 1 rings (SSSR count). The second kappa shape index (κ2) is 6.42. The molecule has 1 aromatic rings. The average Bonchev–Trinajstić information content (AvgIpc) is 2.69. The summed E-state index contributed by atoms with van der Waals surface area (Å²) < 4.78 is 1.94. The second-order valence-corrected chi connectivity index (χ2v) is 4.30. The van der Waals surface area contributed by atoms with E-state index in [1.807, 2.05) is 31.6 Å². The Labute approximate surface area is 103 Å². The van der Waals surface area contributed by atoms with Gasteiger partial charge in [-0.15, -0.1) is 0 Å². The predicted molar refractivity (Wildman–Crippen MR) is 68.6 cm³/mol. The molecule has 1 amide bonds. The van der Waals surface area contributed by atoms with E-state index in [-0.39, 0.29) is 11.8 Å². The summed E-state index contributed by atoms with van der Waals surface area (Å²) in [6.07, 6.45) is 3.64. The van der Waals surface area contributed by atoms with Gasteiger partial charge in [0.25, 0.3) is 0 Å². The first-order chi connectivity index (χ1) is 8.13. The summed E-state index contributed by atoms with van der Waals surface area (Å²) in [5.74, 6) is 0.287. The van der Waals surface area contributed by atoms with Crippen LogP contribution in [0.1, 0.15) is 44.9 Å². The maximum absolute atomic E-state index is 11.8. The summed E-state index contributed by atoms with van der Waals surface area (Å²) in [5.41, 5.74) is 2.24. The molecule has 0 atom stereocenters. The van der Waals surface area contributed by atoms with Gasteiger partial charge in [0.05, 0.1) is 6.20 Å². The van der Waals surface area contributed by atoms with Crippen LogP contribution >= 0.6 is 0 Å². The Kier molecular flexibility index (Phi) is 5.19. The Morgan fingerprint density at radius 1 is 1.41 bits per heavy atom. The maximum atomic E-state index is 11.8. The van der Waals surface area contributed by atoms with E-state index in [1.165, 1.54) is 0 Å². The molecule has 0 spiro atoms. The molecule has 0 saturated carbocycles. The third kappa shape index (κ3) is 3.32. The van der Waals surface area contributed by atoms with Gasteiger partial charge in [0.1, 0.15) is 0 Å². The molecule has 0 saturated heterocycles. The normalized spacial score (nSPS) is 10.9. The third-order valence-corrected chi connectivity index (χ3v) is 3.31. The predicted octanol–water partition coefficient (Wildman–Crippen LogP) is 2.26. The van der Waals surface area contributed by atoms with E-state index in [4.69, 9.17) is 0 Å². The Hall–Kier alpha value is -1.32. The van der Waals surface area contributed by atoms with E-state index >= 15 is 0 Å². The molecule has 0 aliphatic carbocycles. The molecule has 0 unspecified atom stereocenters. The van der Waals surface area contributed by atoms with Gasteiger partial charge < -0.3 is 5.32 Å². The van der Waals surface area contributed by atoms with Crippen LogP contribution in [-0.4, -0.2) is 15.7 Å². The van der Waals surface area contributed by atoms with Gasteiger partial charge in [-0.2, -0.15) is 5.10 Å². The fraction of sp³-hybridized carbons (Fsp3) is 0.692. The van der Waals surface area contributed by atoms with Crippen molar-refractivity contribution in [2.75, 3.05) is 0 Å². The molecule has 1 heterocycles. The Morgan fingerprint density at radius 3 is 2.53 bits per heavy atom. The van der Waals surface area contributed by atoms with Crippen molar-refractivity contribution < 1.29 is 4.79 Å². The van der Waals surface area contributed by atoms with Crippen molar-refractivity contribution in [1.82, 2.24) is 15.1 Å². The maximum Gasteiger partial charge on any atom is 0.223 e. The monoisotopic (exact) mass is 237 g/mol.